The molecule has 2 heterocycles. The van der Waals surface area contributed by atoms with Crippen LogP contribution in [0, 0.1) is 5.92 Å². The Bertz CT molecular complexity index is 449. The molecule has 1 aromatic rings. The number of aliphatic carboxylic acids is 1. The van der Waals surface area contributed by atoms with Crippen LogP contribution in [-0.2, 0) is 11.3 Å². The van der Waals surface area contributed by atoms with Crippen molar-refractivity contribution in [2.24, 2.45) is 5.92 Å². The number of hydrogen-bond donors (Lipinski definition) is 1. The molecule has 0 atom stereocenters. The minimum absolute atomic E-state index is 0.299. The molecule has 0 spiro atoms. The summed E-state index contributed by atoms with van der Waals surface area (Å²) in [4.78, 5) is 13.0. The number of rotatable bonds is 5. The van der Waals surface area contributed by atoms with Gasteiger partial charge in [0, 0.05) is 6.42 Å². The molecule has 1 N–H and O–H groups in total. The molecule has 2 aliphatic rings. The third-order valence-electron chi connectivity index (χ3n) is 3.99. The lowest BCUT2D eigenvalue weighted by atomic mass is 9.94. The number of piperidine rings is 1. The number of nitrogens with zero attached hydrogens (tertiary/aromatic N) is 5. The summed E-state index contributed by atoms with van der Waals surface area (Å²) < 4.78 is 1.95. The predicted molar refractivity (Wildman–Crippen MR) is 66.3 cm³/mol. The molecule has 3 rings (SSSR count). The minimum atomic E-state index is -0.684. The lowest BCUT2D eigenvalue weighted by Crippen LogP contribution is -2.34. The van der Waals surface area contributed by atoms with Crippen LogP contribution in [0.25, 0.3) is 0 Å². The monoisotopic (exact) mass is 265 g/mol. The molecular weight excluding hydrogens is 246 g/mol. The van der Waals surface area contributed by atoms with Gasteiger partial charge in [0.15, 0.2) is 5.82 Å². The SMILES string of the molecule is O=C(O)CC1CCN(Cc2nnnn2C2CC2)CC1. The second kappa shape index (κ2) is 5.24. The molecule has 0 aromatic carbocycles. The Hall–Kier alpha value is -1.50. The highest BCUT2D eigenvalue weighted by molar-refractivity contribution is 5.67. The van der Waals surface area contributed by atoms with Crippen LogP contribution in [0.2, 0.25) is 0 Å². The standard InChI is InChI=1S/C12H19N5O2/c18-12(19)7-9-3-5-16(6-4-9)8-11-13-14-15-17(11)10-1-2-10/h9-10H,1-8H2,(H,18,19). The maximum Gasteiger partial charge on any atom is 0.303 e. The van der Waals surface area contributed by atoms with Gasteiger partial charge in [-0.05, 0) is 55.1 Å². The first-order valence-electron chi connectivity index (χ1n) is 6.93. The normalized spacial score (nSPS) is 21.7. The minimum Gasteiger partial charge on any atom is -0.481 e. The first kappa shape index (κ1) is 12.5. The van der Waals surface area contributed by atoms with E-state index in [0.29, 0.717) is 18.4 Å². The van der Waals surface area contributed by atoms with Gasteiger partial charge in [-0.1, -0.05) is 0 Å². The van der Waals surface area contributed by atoms with Crippen molar-refractivity contribution in [1.82, 2.24) is 25.1 Å². The van der Waals surface area contributed by atoms with E-state index in [4.69, 9.17) is 5.11 Å². The fourth-order valence-corrected chi connectivity index (χ4v) is 2.71. The van der Waals surface area contributed by atoms with Gasteiger partial charge in [-0.25, -0.2) is 4.68 Å². The van der Waals surface area contributed by atoms with Crippen molar-refractivity contribution in [2.75, 3.05) is 13.1 Å². The van der Waals surface area contributed by atoms with Crippen molar-refractivity contribution < 1.29 is 9.90 Å². The molecule has 1 saturated heterocycles. The first-order valence-corrected chi connectivity index (χ1v) is 6.93. The smallest absolute Gasteiger partial charge is 0.303 e. The van der Waals surface area contributed by atoms with Gasteiger partial charge in [0.2, 0.25) is 0 Å². The maximum atomic E-state index is 10.7. The number of carboxylic acids is 1. The number of aromatic nitrogens is 4. The van der Waals surface area contributed by atoms with Gasteiger partial charge in [-0.2, -0.15) is 0 Å². The van der Waals surface area contributed by atoms with E-state index in [0.717, 1.165) is 38.3 Å². The summed E-state index contributed by atoms with van der Waals surface area (Å²) >= 11 is 0. The van der Waals surface area contributed by atoms with Crippen LogP contribution in [0.4, 0.5) is 0 Å². The van der Waals surface area contributed by atoms with Gasteiger partial charge >= 0.3 is 5.97 Å². The zero-order valence-corrected chi connectivity index (χ0v) is 10.9. The largest absolute Gasteiger partial charge is 0.481 e. The zero-order valence-electron chi connectivity index (χ0n) is 10.9. The van der Waals surface area contributed by atoms with Crippen molar-refractivity contribution in [3.8, 4) is 0 Å². The van der Waals surface area contributed by atoms with E-state index >= 15 is 0 Å². The Labute approximate surface area is 111 Å². The number of likely N-dealkylation sites (tertiary alicyclic amines) is 1. The van der Waals surface area contributed by atoms with E-state index < -0.39 is 5.97 Å². The quantitative estimate of drug-likeness (QED) is 0.843. The molecule has 0 radical (unpaired) electrons. The average Bonchev–Trinajstić information content (AvgIpc) is 3.12. The highest BCUT2D eigenvalue weighted by Gasteiger charge is 2.29. The Morgan fingerprint density at radius 1 is 1.26 bits per heavy atom. The van der Waals surface area contributed by atoms with E-state index in [-0.39, 0.29) is 0 Å². The van der Waals surface area contributed by atoms with Gasteiger partial charge in [0.05, 0.1) is 12.6 Å². The highest BCUT2D eigenvalue weighted by Crippen LogP contribution is 2.34. The summed E-state index contributed by atoms with van der Waals surface area (Å²) in [6.45, 7) is 2.66. The Morgan fingerprint density at radius 2 is 2.00 bits per heavy atom. The van der Waals surface area contributed by atoms with E-state index in [2.05, 4.69) is 20.4 Å². The topological polar surface area (TPSA) is 84.1 Å². The molecule has 0 amide bonds. The van der Waals surface area contributed by atoms with Crippen LogP contribution in [-0.4, -0.2) is 49.3 Å². The van der Waals surface area contributed by atoms with Crippen LogP contribution in [0.3, 0.4) is 0 Å². The molecule has 19 heavy (non-hydrogen) atoms. The van der Waals surface area contributed by atoms with Gasteiger partial charge in [-0.15, -0.1) is 5.10 Å². The fraction of sp³-hybridized carbons (Fsp3) is 0.833. The summed E-state index contributed by atoms with van der Waals surface area (Å²) in [5.74, 6) is 0.587. The molecule has 0 unspecified atom stereocenters. The van der Waals surface area contributed by atoms with E-state index in [1.54, 1.807) is 0 Å². The number of carbonyl (C=O) groups is 1. The molecule has 1 aliphatic carbocycles. The number of carboxylic acid groups (broad SMARTS) is 1. The van der Waals surface area contributed by atoms with Crippen LogP contribution < -0.4 is 0 Å². The fourth-order valence-electron chi connectivity index (χ4n) is 2.71. The molecule has 1 aromatic heterocycles. The highest BCUT2D eigenvalue weighted by atomic mass is 16.4. The summed E-state index contributed by atoms with van der Waals surface area (Å²) in [6.07, 6.45) is 4.57. The first-order chi connectivity index (χ1) is 9.22. The van der Waals surface area contributed by atoms with Crippen molar-refractivity contribution in [3.63, 3.8) is 0 Å². The molecule has 7 nitrogen and oxygen atoms in total. The van der Waals surface area contributed by atoms with Gasteiger partial charge in [0.1, 0.15) is 0 Å². The van der Waals surface area contributed by atoms with Crippen LogP contribution in [0.1, 0.15) is 44.0 Å². The second-order valence-electron chi connectivity index (χ2n) is 5.59. The van der Waals surface area contributed by atoms with Crippen LogP contribution in [0.5, 0.6) is 0 Å². The Kier molecular flexibility index (Phi) is 3.46. The third kappa shape index (κ3) is 3.09. The molecule has 7 heteroatoms. The van der Waals surface area contributed by atoms with Crippen molar-refractivity contribution in [3.05, 3.63) is 5.82 Å². The molecule has 104 valence electrons. The van der Waals surface area contributed by atoms with E-state index in [1.165, 1.54) is 12.8 Å². The number of hydrogen-bond acceptors (Lipinski definition) is 5. The lowest BCUT2D eigenvalue weighted by Gasteiger charge is -2.30. The zero-order chi connectivity index (χ0) is 13.2. The third-order valence-corrected chi connectivity index (χ3v) is 3.99. The molecular formula is C12H19N5O2. The van der Waals surface area contributed by atoms with Gasteiger partial charge < -0.3 is 5.11 Å². The summed E-state index contributed by atoms with van der Waals surface area (Å²) in [5, 5.41) is 20.7. The van der Waals surface area contributed by atoms with Crippen molar-refractivity contribution in [1.29, 1.82) is 0 Å². The van der Waals surface area contributed by atoms with Crippen molar-refractivity contribution in [2.45, 2.75) is 44.7 Å². The van der Waals surface area contributed by atoms with E-state index in [9.17, 15) is 4.79 Å². The van der Waals surface area contributed by atoms with Crippen molar-refractivity contribution >= 4 is 5.97 Å². The van der Waals surface area contributed by atoms with Gasteiger partial charge in [0.25, 0.3) is 0 Å². The van der Waals surface area contributed by atoms with Crippen LogP contribution >= 0.6 is 0 Å². The maximum absolute atomic E-state index is 10.7. The summed E-state index contributed by atoms with van der Waals surface area (Å²) in [7, 11) is 0. The predicted octanol–water partition coefficient (Wildman–Crippen LogP) is 0.695. The van der Waals surface area contributed by atoms with E-state index in [1.807, 2.05) is 4.68 Å². The number of tetrazole rings is 1. The molecule has 1 saturated carbocycles. The lowest BCUT2D eigenvalue weighted by molar-refractivity contribution is -0.138. The summed E-state index contributed by atoms with van der Waals surface area (Å²) in [6, 6.07) is 0.509. The molecule has 0 bridgehead atoms. The second-order valence-corrected chi connectivity index (χ2v) is 5.59. The molecule has 2 fully saturated rings. The Morgan fingerprint density at radius 3 is 2.63 bits per heavy atom. The average molecular weight is 265 g/mol. The molecule has 1 aliphatic heterocycles. The Balaban J connectivity index is 1.51. The van der Waals surface area contributed by atoms with Gasteiger partial charge in [-0.3, -0.25) is 9.69 Å². The van der Waals surface area contributed by atoms with Crippen LogP contribution in [0.15, 0.2) is 0 Å². The summed E-state index contributed by atoms with van der Waals surface area (Å²) in [5.41, 5.74) is 0.